The molecule has 2 aromatic heterocycles. The maximum absolute atomic E-state index is 12.4. The van der Waals surface area contributed by atoms with E-state index in [1.807, 2.05) is 13.8 Å². The van der Waals surface area contributed by atoms with Gasteiger partial charge in [-0.1, -0.05) is 18.2 Å². The second-order valence-corrected chi connectivity index (χ2v) is 8.27. The Hall–Kier alpha value is -2.23. The Labute approximate surface area is 142 Å². The van der Waals surface area contributed by atoms with Crippen LogP contribution in [0.2, 0.25) is 0 Å². The number of aryl methyl sites for hydroxylation is 2. The van der Waals surface area contributed by atoms with Crippen molar-refractivity contribution in [3.05, 3.63) is 57.0 Å². The van der Waals surface area contributed by atoms with Crippen LogP contribution in [0.3, 0.4) is 0 Å². The zero-order valence-corrected chi connectivity index (χ0v) is 14.7. The maximum Gasteiger partial charge on any atom is 0.280 e. The van der Waals surface area contributed by atoms with Gasteiger partial charge in [0.15, 0.2) is 0 Å². The number of nitrogens with one attached hydrogen (secondary N) is 1. The summed E-state index contributed by atoms with van der Waals surface area (Å²) >= 11 is 1.39. The highest BCUT2D eigenvalue weighted by molar-refractivity contribution is 7.89. The van der Waals surface area contributed by atoms with Crippen LogP contribution in [-0.4, -0.2) is 18.1 Å². The van der Waals surface area contributed by atoms with E-state index in [2.05, 4.69) is 9.71 Å². The third-order valence-electron chi connectivity index (χ3n) is 3.78. The smallest absolute Gasteiger partial charge is 0.280 e. The summed E-state index contributed by atoms with van der Waals surface area (Å²) in [6.45, 7) is 3.57. The summed E-state index contributed by atoms with van der Waals surface area (Å²) in [6.07, 6.45) is 0. The van der Waals surface area contributed by atoms with Crippen molar-refractivity contribution < 1.29 is 8.42 Å². The number of hydrogen-bond donors (Lipinski definition) is 2. The molecule has 3 rings (SSSR count). The van der Waals surface area contributed by atoms with E-state index in [1.54, 1.807) is 18.2 Å². The third kappa shape index (κ3) is 2.81. The molecule has 9 heteroatoms. The van der Waals surface area contributed by atoms with Crippen molar-refractivity contribution in [2.45, 2.75) is 25.3 Å². The molecule has 0 spiro atoms. The first kappa shape index (κ1) is 16.6. The molecule has 7 nitrogen and oxygen atoms in total. The van der Waals surface area contributed by atoms with Gasteiger partial charge in [-0.2, -0.15) is 0 Å². The van der Waals surface area contributed by atoms with E-state index in [4.69, 9.17) is 5.84 Å². The van der Waals surface area contributed by atoms with E-state index in [0.717, 1.165) is 15.1 Å². The van der Waals surface area contributed by atoms with Crippen LogP contribution in [0.5, 0.6) is 0 Å². The molecule has 0 aliphatic rings. The van der Waals surface area contributed by atoms with Crippen molar-refractivity contribution in [2.24, 2.45) is 0 Å². The van der Waals surface area contributed by atoms with Crippen LogP contribution in [0.15, 0.2) is 40.0 Å². The van der Waals surface area contributed by atoms with Crippen LogP contribution >= 0.6 is 11.3 Å². The highest BCUT2D eigenvalue weighted by atomic mass is 32.2. The molecule has 0 fully saturated rings. The molecule has 0 aliphatic heterocycles. The van der Waals surface area contributed by atoms with Crippen molar-refractivity contribution in [3.63, 3.8) is 0 Å². The van der Waals surface area contributed by atoms with Crippen molar-refractivity contribution in [2.75, 3.05) is 5.84 Å². The number of hydrogen-bond acceptors (Lipinski definition) is 6. The number of sulfonamides is 1. The number of nitrogen functional groups attached to an aromatic ring is 1. The quantitative estimate of drug-likeness (QED) is 0.678. The summed E-state index contributed by atoms with van der Waals surface area (Å²) < 4.78 is 27.8. The van der Waals surface area contributed by atoms with Gasteiger partial charge in [0.25, 0.3) is 5.56 Å². The molecule has 1 aromatic carbocycles. The number of thiophene rings is 1. The fourth-order valence-corrected chi connectivity index (χ4v) is 4.36. The van der Waals surface area contributed by atoms with Crippen molar-refractivity contribution >= 4 is 31.6 Å². The molecule has 0 saturated heterocycles. The van der Waals surface area contributed by atoms with Crippen LogP contribution < -0.4 is 16.1 Å². The van der Waals surface area contributed by atoms with E-state index in [9.17, 15) is 13.2 Å². The van der Waals surface area contributed by atoms with E-state index < -0.39 is 10.0 Å². The SMILES string of the molecule is Cc1sc2nc(CNS(=O)(=O)c3ccccc3)n(N)c(=O)c2c1C. The summed E-state index contributed by atoms with van der Waals surface area (Å²) in [4.78, 5) is 18.4. The first-order chi connectivity index (χ1) is 11.3. The highest BCUT2D eigenvalue weighted by Gasteiger charge is 2.18. The van der Waals surface area contributed by atoms with Crippen LogP contribution in [0, 0.1) is 13.8 Å². The van der Waals surface area contributed by atoms with Gasteiger partial charge in [-0.05, 0) is 31.5 Å². The second-order valence-electron chi connectivity index (χ2n) is 5.30. The van der Waals surface area contributed by atoms with Gasteiger partial charge in [0.1, 0.15) is 10.7 Å². The van der Waals surface area contributed by atoms with Gasteiger partial charge < -0.3 is 5.84 Å². The van der Waals surface area contributed by atoms with Crippen LogP contribution in [0.4, 0.5) is 0 Å². The predicted molar refractivity (Wildman–Crippen MR) is 94.0 cm³/mol. The van der Waals surface area contributed by atoms with E-state index in [0.29, 0.717) is 10.2 Å². The van der Waals surface area contributed by atoms with Crippen molar-refractivity contribution in [1.29, 1.82) is 0 Å². The molecule has 24 heavy (non-hydrogen) atoms. The monoisotopic (exact) mass is 364 g/mol. The second kappa shape index (κ2) is 6.00. The Morgan fingerprint density at radius 1 is 1.25 bits per heavy atom. The Kier molecular flexibility index (Phi) is 4.16. The van der Waals surface area contributed by atoms with Gasteiger partial charge in [-0.15, -0.1) is 11.3 Å². The minimum atomic E-state index is -3.70. The molecule has 0 radical (unpaired) electrons. The lowest BCUT2D eigenvalue weighted by atomic mass is 10.2. The minimum Gasteiger partial charge on any atom is -0.335 e. The molecule has 3 aromatic rings. The highest BCUT2D eigenvalue weighted by Crippen LogP contribution is 2.25. The average Bonchev–Trinajstić information content (AvgIpc) is 2.85. The number of aromatic nitrogens is 2. The zero-order chi connectivity index (χ0) is 17.5. The van der Waals surface area contributed by atoms with Gasteiger partial charge in [0.05, 0.1) is 16.8 Å². The van der Waals surface area contributed by atoms with Gasteiger partial charge in [0.2, 0.25) is 10.0 Å². The summed E-state index contributed by atoms with van der Waals surface area (Å²) in [5.74, 6) is 5.97. The molecule has 2 heterocycles. The normalized spacial score (nSPS) is 11.9. The molecule has 0 aliphatic carbocycles. The van der Waals surface area contributed by atoms with E-state index >= 15 is 0 Å². The van der Waals surface area contributed by atoms with Gasteiger partial charge in [-0.3, -0.25) is 4.79 Å². The minimum absolute atomic E-state index is 0.139. The molecule has 0 amide bonds. The molecule has 126 valence electrons. The predicted octanol–water partition coefficient (Wildman–Crippen LogP) is 1.27. The number of fused-ring (bicyclic) bond motifs is 1. The fourth-order valence-electron chi connectivity index (χ4n) is 2.32. The molecule has 0 atom stereocenters. The topological polar surface area (TPSA) is 107 Å². The van der Waals surface area contributed by atoms with Crippen LogP contribution in [-0.2, 0) is 16.6 Å². The number of rotatable bonds is 4. The largest absolute Gasteiger partial charge is 0.335 e. The van der Waals surface area contributed by atoms with Crippen molar-refractivity contribution in [3.8, 4) is 0 Å². The number of benzene rings is 1. The molecule has 3 N–H and O–H groups in total. The fraction of sp³-hybridized carbons (Fsp3) is 0.200. The molecule has 0 unspecified atom stereocenters. The average molecular weight is 364 g/mol. The van der Waals surface area contributed by atoms with E-state index in [1.165, 1.54) is 23.5 Å². The lowest BCUT2D eigenvalue weighted by molar-refractivity contribution is 0.577. The summed E-state index contributed by atoms with van der Waals surface area (Å²) in [6, 6.07) is 7.97. The lowest BCUT2D eigenvalue weighted by Gasteiger charge is -2.09. The van der Waals surface area contributed by atoms with Gasteiger partial charge >= 0.3 is 0 Å². The Balaban J connectivity index is 1.97. The van der Waals surface area contributed by atoms with Crippen molar-refractivity contribution in [1.82, 2.24) is 14.4 Å². The number of nitrogens with zero attached hydrogens (tertiary/aromatic N) is 2. The summed E-state index contributed by atoms with van der Waals surface area (Å²) in [5.41, 5.74) is 0.471. The van der Waals surface area contributed by atoms with Crippen LogP contribution in [0.25, 0.3) is 10.2 Å². The molecule has 0 saturated carbocycles. The van der Waals surface area contributed by atoms with Gasteiger partial charge in [0, 0.05) is 4.88 Å². The molecular formula is C15H16N4O3S2. The Bertz CT molecular complexity index is 1070. The first-order valence-corrected chi connectivity index (χ1v) is 9.42. The van der Waals surface area contributed by atoms with E-state index in [-0.39, 0.29) is 22.8 Å². The van der Waals surface area contributed by atoms with Gasteiger partial charge in [-0.25, -0.2) is 22.8 Å². The molecule has 0 bridgehead atoms. The summed E-state index contributed by atoms with van der Waals surface area (Å²) in [5, 5.41) is 0.481. The third-order valence-corrected chi connectivity index (χ3v) is 6.30. The Morgan fingerprint density at radius 2 is 1.92 bits per heavy atom. The standard InChI is InChI=1S/C15H16N4O3S2/c1-9-10(2)23-14-13(9)15(20)19(16)12(18-14)8-17-24(21,22)11-6-4-3-5-7-11/h3-7,17H,8,16H2,1-2H3. The summed E-state index contributed by atoms with van der Waals surface area (Å²) in [7, 11) is -3.70. The first-order valence-electron chi connectivity index (χ1n) is 7.12. The van der Waals surface area contributed by atoms with Crippen LogP contribution in [0.1, 0.15) is 16.3 Å². The maximum atomic E-state index is 12.4. The lowest BCUT2D eigenvalue weighted by Crippen LogP contribution is -2.35. The Morgan fingerprint density at radius 3 is 2.58 bits per heavy atom. The zero-order valence-electron chi connectivity index (χ0n) is 13.1. The number of nitrogens with two attached hydrogens (primary N) is 1. The molecular weight excluding hydrogens is 348 g/mol.